The smallest absolute Gasteiger partial charge is 0.271 e. The SMILES string of the molecule is O=C(NNC(=O)C1CC=CCC1c1nc2ccccc2s1)c1ccccc1Cl. The van der Waals surface area contributed by atoms with Crippen molar-refractivity contribution in [3.05, 3.63) is 76.3 Å². The molecular weight excluding hydrogens is 394 g/mol. The highest BCUT2D eigenvalue weighted by Gasteiger charge is 2.32. The number of carbonyl (C=O) groups excluding carboxylic acids is 2. The van der Waals surface area contributed by atoms with Crippen molar-refractivity contribution in [3.8, 4) is 0 Å². The van der Waals surface area contributed by atoms with Crippen molar-refractivity contribution < 1.29 is 9.59 Å². The number of hydrazine groups is 1. The van der Waals surface area contributed by atoms with E-state index in [2.05, 4.69) is 16.9 Å². The predicted molar refractivity (Wildman–Crippen MR) is 111 cm³/mol. The van der Waals surface area contributed by atoms with E-state index < -0.39 is 5.91 Å². The Morgan fingerprint density at radius 2 is 1.75 bits per heavy atom. The molecule has 0 spiro atoms. The average molecular weight is 412 g/mol. The highest BCUT2D eigenvalue weighted by molar-refractivity contribution is 7.18. The molecule has 1 aliphatic carbocycles. The van der Waals surface area contributed by atoms with Crippen LogP contribution in [-0.4, -0.2) is 16.8 Å². The molecule has 0 bridgehead atoms. The quantitative estimate of drug-likeness (QED) is 0.493. The highest BCUT2D eigenvalue weighted by Crippen LogP contribution is 2.38. The molecule has 28 heavy (non-hydrogen) atoms. The second-order valence-electron chi connectivity index (χ2n) is 6.60. The monoisotopic (exact) mass is 411 g/mol. The Labute approximate surface area is 171 Å². The van der Waals surface area contributed by atoms with Crippen LogP contribution >= 0.6 is 22.9 Å². The maximum Gasteiger partial charge on any atom is 0.271 e. The molecule has 2 unspecified atom stereocenters. The van der Waals surface area contributed by atoms with E-state index in [9.17, 15) is 9.59 Å². The van der Waals surface area contributed by atoms with E-state index in [0.717, 1.165) is 21.6 Å². The molecule has 2 amide bonds. The lowest BCUT2D eigenvalue weighted by molar-refractivity contribution is -0.126. The number of allylic oxidation sites excluding steroid dienone is 2. The van der Waals surface area contributed by atoms with Crippen molar-refractivity contribution in [2.24, 2.45) is 5.92 Å². The van der Waals surface area contributed by atoms with Gasteiger partial charge in [-0.05, 0) is 37.1 Å². The van der Waals surface area contributed by atoms with Gasteiger partial charge in [-0.25, -0.2) is 4.98 Å². The van der Waals surface area contributed by atoms with Gasteiger partial charge in [0.25, 0.3) is 5.91 Å². The van der Waals surface area contributed by atoms with Crippen LogP contribution in [0.25, 0.3) is 10.2 Å². The van der Waals surface area contributed by atoms with E-state index in [-0.39, 0.29) is 17.7 Å². The summed E-state index contributed by atoms with van der Waals surface area (Å²) in [7, 11) is 0. The van der Waals surface area contributed by atoms with Crippen LogP contribution in [0.4, 0.5) is 0 Å². The minimum atomic E-state index is -0.443. The lowest BCUT2D eigenvalue weighted by Crippen LogP contribution is -2.46. The molecule has 1 heterocycles. The molecule has 0 saturated carbocycles. The Morgan fingerprint density at radius 1 is 1.00 bits per heavy atom. The summed E-state index contributed by atoms with van der Waals surface area (Å²) in [5, 5.41) is 1.28. The van der Waals surface area contributed by atoms with Gasteiger partial charge in [-0.15, -0.1) is 11.3 Å². The van der Waals surface area contributed by atoms with Crippen molar-refractivity contribution in [1.82, 2.24) is 15.8 Å². The number of aromatic nitrogens is 1. The zero-order chi connectivity index (χ0) is 19.5. The molecule has 2 N–H and O–H groups in total. The van der Waals surface area contributed by atoms with Gasteiger partial charge in [0.2, 0.25) is 5.91 Å². The number of halogens is 1. The van der Waals surface area contributed by atoms with Crippen LogP contribution < -0.4 is 10.9 Å². The summed E-state index contributed by atoms with van der Waals surface area (Å²) in [6, 6.07) is 14.7. The molecule has 2 aromatic carbocycles. The van der Waals surface area contributed by atoms with Gasteiger partial charge in [0, 0.05) is 5.92 Å². The number of hydrogen-bond acceptors (Lipinski definition) is 4. The Morgan fingerprint density at radius 3 is 2.57 bits per heavy atom. The third kappa shape index (κ3) is 3.79. The van der Waals surface area contributed by atoms with Crippen molar-refractivity contribution in [1.29, 1.82) is 0 Å². The van der Waals surface area contributed by atoms with Gasteiger partial charge >= 0.3 is 0 Å². The van der Waals surface area contributed by atoms with Crippen LogP contribution in [0.1, 0.15) is 34.1 Å². The molecule has 7 heteroatoms. The maximum absolute atomic E-state index is 12.8. The van der Waals surface area contributed by atoms with Crippen LogP contribution in [0.3, 0.4) is 0 Å². The van der Waals surface area contributed by atoms with Crippen LogP contribution in [0.15, 0.2) is 60.7 Å². The van der Waals surface area contributed by atoms with Crippen molar-refractivity contribution in [3.63, 3.8) is 0 Å². The van der Waals surface area contributed by atoms with Gasteiger partial charge in [-0.1, -0.05) is 48.0 Å². The zero-order valence-electron chi connectivity index (χ0n) is 14.9. The molecular formula is C21H18ClN3O2S. The second kappa shape index (κ2) is 8.12. The van der Waals surface area contributed by atoms with Gasteiger partial charge in [0.05, 0.1) is 31.7 Å². The normalized spacial score (nSPS) is 18.8. The van der Waals surface area contributed by atoms with Crippen LogP contribution in [0.5, 0.6) is 0 Å². The summed E-state index contributed by atoms with van der Waals surface area (Å²) in [5.74, 6) is -0.979. The molecule has 0 saturated heterocycles. The second-order valence-corrected chi connectivity index (χ2v) is 8.07. The zero-order valence-corrected chi connectivity index (χ0v) is 16.5. The van der Waals surface area contributed by atoms with E-state index >= 15 is 0 Å². The minimum Gasteiger partial charge on any atom is -0.273 e. The lowest BCUT2D eigenvalue weighted by Gasteiger charge is -2.26. The Bertz CT molecular complexity index is 1030. The van der Waals surface area contributed by atoms with E-state index in [0.29, 0.717) is 17.0 Å². The van der Waals surface area contributed by atoms with E-state index in [1.165, 1.54) is 0 Å². The first-order valence-corrected chi connectivity index (χ1v) is 10.2. The molecule has 2 atom stereocenters. The summed E-state index contributed by atoms with van der Waals surface area (Å²) in [4.78, 5) is 29.8. The number of fused-ring (bicyclic) bond motifs is 1. The predicted octanol–water partition coefficient (Wildman–Crippen LogP) is 4.46. The molecule has 0 fully saturated rings. The van der Waals surface area contributed by atoms with Crippen molar-refractivity contribution >= 4 is 45.0 Å². The number of amides is 2. The largest absolute Gasteiger partial charge is 0.273 e. The molecule has 4 rings (SSSR count). The Balaban J connectivity index is 1.48. The lowest BCUT2D eigenvalue weighted by atomic mass is 9.83. The van der Waals surface area contributed by atoms with E-state index in [1.54, 1.807) is 35.6 Å². The number of nitrogens with zero attached hydrogens (tertiary/aromatic N) is 1. The van der Waals surface area contributed by atoms with Crippen molar-refractivity contribution in [2.75, 3.05) is 0 Å². The average Bonchev–Trinajstić information content (AvgIpc) is 3.16. The number of para-hydroxylation sites is 1. The van der Waals surface area contributed by atoms with Crippen molar-refractivity contribution in [2.45, 2.75) is 18.8 Å². The fourth-order valence-electron chi connectivity index (χ4n) is 3.35. The van der Waals surface area contributed by atoms with Gasteiger partial charge in [0.15, 0.2) is 0 Å². The standard InChI is InChI=1S/C21H18ClN3O2S/c22-16-10-4-3-9-15(16)20(27)25-24-19(26)13-7-1-2-8-14(13)21-23-17-11-5-6-12-18(17)28-21/h1-6,9-14H,7-8H2,(H,24,26)(H,25,27). The first kappa shape index (κ1) is 18.7. The van der Waals surface area contributed by atoms with E-state index in [1.807, 2.05) is 30.3 Å². The molecule has 3 aromatic rings. The maximum atomic E-state index is 12.8. The number of thiazole rings is 1. The molecule has 0 aliphatic heterocycles. The highest BCUT2D eigenvalue weighted by atomic mass is 35.5. The minimum absolute atomic E-state index is 0.0142. The fourth-order valence-corrected chi connectivity index (χ4v) is 4.72. The molecule has 1 aromatic heterocycles. The third-order valence-electron chi connectivity index (χ3n) is 4.81. The number of carbonyl (C=O) groups is 2. The molecule has 0 radical (unpaired) electrons. The van der Waals surface area contributed by atoms with Gasteiger partial charge < -0.3 is 0 Å². The summed E-state index contributed by atoms with van der Waals surface area (Å²) >= 11 is 7.65. The number of benzene rings is 2. The van der Waals surface area contributed by atoms with E-state index in [4.69, 9.17) is 16.6 Å². The molecule has 5 nitrogen and oxygen atoms in total. The molecule has 1 aliphatic rings. The molecule has 142 valence electrons. The summed E-state index contributed by atoms with van der Waals surface area (Å²) in [6.07, 6.45) is 5.44. The third-order valence-corrected chi connectivity index (χ3v) is 6.31. The summed E-state index contributed by atoms with van der Waals surface area (Å²) < 4.78 is 1.11. The first-order valence-electron chi connectivity index (χ1n) is 8.98. The fraction of sp³-hybridized carbons (Fsp3) is 0.190. The van der Waals surface area contributed by atoms with Crippen LogP contribution in [0.2, 0.25) is 5.02 Å². The van der Waals surface area contributed by atoms with Gasteiger partial charge in [-0.2, -0.15) is 0 Å². The van der Waals surface area contributed by atoms with Crippen LogP contribution in [-0.2, 0) is 4.79 Å². The summed E-state index contributed by atoms with van der Waals surface area (Å²) in [5.41, 5.74) is 6.29. The number of hydrogen-bond donors (Lipinski definition) is 2. The van der Waals surface area contributed by atoms with Crippen LogP contribution in [0, 0.1) is 5.92 Å². The number of nitrogens with one attached hydrogen (secondary N) is 2. The number of rotatable bonds is 3. The topological polar surface area (TPSA) is 71.1 Å². The Hall–Kier alpha value is -2.70. The Kier molecular flexibility index (Phi) is 5.41. The summed E-state index contributed by atoms with van der Waals surface area (Å²) in [6.45, 7) is 0. The first-order chi connectivity index (χ1) is 13.6. The van der Waals surface area contributed by atoms with Gasteiger partial charge in [-0.3, -0.25) is 20.4 Å². The van der Waals surface area contributed by atoms with Gasteiger partial charge in [0.1, 0.15) is 0 Å².